The van der Waals surface area contributed by atoms with Gasteiger partial charge in [-0.05, 0) is 49.1 Å². The summed E-state index contributed by atoms with van der Waals surface area (Å²) in [6, 6.07) is 9.48. The summed E-state index contributed by atoms with van der Waals surface area (Å²) in [5.41, 5.74) is 3.01. The molecule has 0 saturated carbocycles. The number of aromatic nitrogens is 2. The van der Waals surface area contributed by atoms with Crippen molar-refractivity contribution in [3.63, 3.8) is 0 Å². The summed E-state index contributed by atoms with van der Waals surface area (Å²) in [5, 5.41) is 0. The van der Waals surface area contributed by atoms with Crippen LogP contribution in [0.5, 0.6) is 0 Å². The number of aromatic amines is 1. The van der Waals surface area contributed by atoms with E-state index in [0.717, 1.165) is 0 Å². The fourth-order valence-corrected chi connectivity index (χ4v) is 4.33. The van der Waals surface area contributed by atoms with E-state index in [-0.39, 0.29) is 0 Å². The Bertz CT molecular complexity index is 614. The van der Waals surface area contributed by atoms with Crippen molar-refractivity contribution in [2.24, 2.45) is 0 Å². The monoisotopic (exact) mass is 396 g/mol. The Morgan fingerprint density at radius 1 is 0.793 bits per heavy atom. The molecule has 1 heterocycles. The van der Waals surface area contributed by atoms with Crippen molar-refractivity contribution in [2.45, 2.75) is 116 Å². The van der Waals surface area contributed by atoms with Crippen LogP contribution in [0, 0.1) is 0 Å². The van der Waals surface area contributed by atoms with Gasteiger partial charge in [-0.2, -0.15) is 0 Å². The van der Waals surface area contributed by atoms with E-state index in [1.165, 1.54) is 100 Å². The Balaban J connectivity index is 1.70. The third kappa shape index (κ3) is 9.19. The normalized spacial score (nSPS) is 13.5. The summed E-state index contributed by atoms with van der Waals surface area (Å²) in [7, 11) is 0. The highest BCUT2D eigenvalue weighted by Crippen LogP contribution is 2.28. The average Bonchev–Trinajstić information content (AvgIpc) is 3.28. The molecule has 2 atom stereocenters. The lowest BCUT2D eigenvalue weighted by Gasteiger charge is -2.17. The first-order chi connectivity index (χ1) is 14.2. The smallest absolute Gasteiger partial charge is 0.109 e. The molecule has 0 aliphatic rings. The Morgan fingerprint density at radius 3 is 2.17 bits per heavy atom. The van der Waals surface area contributed by atoms with E-state index in [4.69, 9.17) is 0 Å². The quantitative estimate of drug-likeness (QED) is 0.283. The molecule has 0 fully saturated rings. The molecule has 2 rings (SSSR count). The van der Waals surface area contributed by atoms with Crippen molar-refractivity contribution >= 4 is 0 Å². The molecule has 162 valence electrons. The zero-order valence-electron chi connectivity index (χ0n) is 19.3. The largest absolute Gasteiger partial charge is 0.348 e. The second-order valence-corrected chi connectivity index (χ2v) is 8.90. The molecule has 0 bridgehead atoms. The SMILES string of the molecule is CCCCCCCCc1ccc(C(C)CCCC(CCCC)c2ncc[nH]2)cc1. The third-order valence-corrected chi connectivity index (χ3v) is 6.37. The van der Waals surface area contributed by atoms with Gasteiger partial charge < -0.3 is 4.98 Å². The Kier molecular flexibility index (Phi) is 11.8. The first-order valence-electron chi connectivity index (χ1n) is 12.3. The van der Waals surface area contributed by atoms with Crippen LogP contribution in [-0.2, 0) is 6.42 Å². The topological polar surface area (TPSA) is 28.7 Å². The van der Waals surface area contributed by atoms with Gasteiger partial charge in [-0.25, -0.2) is 4.98 Å². The van der Waals surface area contributed by atoms with Crippen molar-refractivity contribution in [2.75, 3.05) is 0 Å². The number of hydrogen-bond acceptors (Lipinski definition) is 1. The predicted molar refractivity (Wildman–Crippen MR) is 127 cm³/mol. The maximum absolute atomic E-state index is 4.52. The van der Waals surface area contributed by atoms with E-state index in [1.54, 1.807) is 0 Å². The number of unbranched alkanes of at least 4 members (excludes halogenated alkanes) is 6. The number of nitrogens with one attached hydrogen (secondary N) is 1. The Morgan fingerprint density at radius 2 is 1.48 bits per heavy atom. The minimum atomic E-state index is 0.594. The molecule has 29 heavy (non-hydrogen) atoms. The van der Waals surface area contributed by atoms with E-state index in [2.05, 4.69) is 55.0 Å². The number of imidazole rings is 1. The van der Waals surface area contributed by atoms with Crippen LogP contribution in [0.3, 0.4) is 0 Å². The summed E-state index contributed by atoms with van der Waals surface area (Å²) in [4.78, 5) is 7.87. The summed E-state index contributed by atoms with van der Waals surface area (Å²) >= 11 is 0. The predicted octanol–water partition coefficient (Wildman–Crippen LogP) is 8.56. The van der Waals surface area contributed by atoms with Gasteiger partial charge in [-0.15, -0.1) is 0 Å². The highest BCUT2D eigenvalue weighted by atomic mass is 14.9. The zero-order valence-corrected chi connectivity index (χ0v) is 19.3. The standard InChI is InChI=1S/C27H44N2/c1-4-6-8-9-10-11-14-24-17-19-25(20-18-24)23(3)13-12-16-26(15-7-5-2)27-28-21-22-29-27/h17-23,26H,4-16H2,1-3H3,(H,28,29). The first-order valence-corrected chi connectivity index (χ1v) is 12.3. The van der Waals surface area contributed by atoms with Crippen molar-refractivity contribution in [3.8, 4) is 0 Å². The van der Waals surface area contributed by atoms with Crippen LogP contribution in [0.15, 0.2) is 36.7 Å². The van der Waals surface area contributed by atoms with Crippen molar-refractivity contribution < 1.29 is 0 Å². The van der Waals surface area contributed by atoms with E-state index >= 15 is 0 Å². The minimum Gasteiger partial charge on any atom is -0.348 e. The summed E-state index contributed by atoms with van der Waals surface area (Å²) in [5.74, 6) is 2.42. The fourth-order valence-electron chi connectivity index (χ4n) is 4.33. The lowest BCUT2D eigenvalue weighted by molar-refractivity contribution is 0.485. The van der Waals surface area contributed by atoms with E-state index in [1.807, 2.05) is 12.4 Å². The van der Waals surface area contributed by atoms with Crippen molar-refractivity contribution in [3.05, 3.63) is 53.6 Å². The maximum atomic E-state index is 4.52. The minimum absolute atomic E-state index is 0.594. The molecule has 0 aliphatic carbocycles. The van der Waals surface area contributed by atoms with Crippen LogP contribution in [0.4, 0.5) is 0 Å². The number of rotatable bonds is 16. The highest BCUT2D eigenvalue weighted by molar-refractivity contribution is 5.25. The van der Waals surface area contributed by atoms with Gasteiger partial charge in [0.1, 0.15) is 5.82 Å². The van der Waals surface area contributed by atoms with Gasteiger partial charge in [-0.1, -0.05) is 96.4 Å². The van der Waals surface area contributed by atoms with E-state index in [0.29, 0.717) is 11.8 Å². The number of aryl methyl sites for hydroxylation is 1. The van der Waals surface area contributed by atoms with Gasteiger partial charge >= 0.3 is 0 Å². The average molecular weight is 397 g/mol. The summed E-state index contributed by atoms with van der Waals surface area (Å²) in [6.07, 6.45) is 20.9. The van der Waals surface area contributed by atoms with Gasteiger partial charge in [0.05, 0.1) is 0 Å². The first kappa shape index (κ1) is 23.7. The molecule has 0 radical (unpaired) electrons. The zero-order chi connectivity index (χ0) is 20.7. The fraction of sp³-hybridized carbons (Fsp3) is 0.667. The maximum Gasteiger partial charge on any atom is 0.109 e. The third-order valence-electron chi connectivity index (χ3n) is 6.37. The van der Waals surface area contributed by atoms with Gasteiger partial charge in [0.2, 0.25) is 0 Å². The van der Waals surface area contributed by atoms with Crippen LogP contribution in [0.1, 0.15) is 127 Å². The molecule has 1 N–H and O–H groups in total. The molecule has 0 aliphatic heterocycles. The highest BCUT2D eigenvalue weighted by Gasteiger charge is 2.14. The molecule has 1 aromatic carbocycles. The molecule has 1 aromatic heterocycles. The molecule has 2 nitrogen and oxygen atoms in total. The number of hydrogen-bond donors (Lipinski definition) is 1. The van der Waals surface area contributed by atoms with Crippen LogP contribution >= 0.6 is 0 Å². The molecular weight excluding hydrogens is 352 g/mol. The van der Waals surface area contributed by atoms with Gasteiger partial charge in [0, 0.05) is 18.3 Å². The molecule has 2 aromatic rings. The van der Waals surface area contributed by atoms with Crippen molar-refractivity contribution in [1.29, 1.82) is 0 Å². The van der Waals surface area contributed by atoms with E-state index < -0.39 is 0 Å². The molecular formula is C27H44N2. The second-order valence-electron chi connectivity index (χ2n) is 8.90. The number of H-pyrrole nitrogens is 1. The van der Waals surface area contributed by atoms with Crippen molar-refractivity contribution in [1.82, 2.24) is 9.97 Å². The van der Waals surface area contributed by atoms with Crippen LogP contribution in [0.2, 0.25) is 0 Å². The van der Waals surface area contributed by atoms with Crippen LogP contribution in [-0.4, -0.2) is 9.97 Å². The number of benzene rings is 1. The lowest BCUT2D eigenvalue weighted by Crippen LogP contribution is -2.03. The molecule has 0 saturated heterocycles. The van der Waals surface area contributed by atoms with E-state index in [9.17, 15) is 0 Å². The molecule has 0 spiro atoms. The molecule has 2 unspecified atom stereocenters. The summed E-state index contributed by atoms with van der Waals surface area (Å²) in [6.45, 7) is 6.94. The lowest BCUT2D eigenvalue weighted by atomic mass is 9.90. The van der Waals surface area contributed by atoms with Crippen LogP contribution < -0.4 is 0 Å². The number of nitrogens with zero attached hydrogens (tertiary/aromatic N) is 1. The molecule has 0 amide bonds. The van der Waals surface area contributed by atoms with Crippen LogP contribution in [0.25, 0.3) is 0 Å². The van der Waals surface area contributed by atoms with Gasteiger partial charge in [-0.3, -0.25) is 0 Å². The van der Waals surface area contributed by atoms with Gasteiger partial charge in [0.15, 0.2) is 0 Å². The second kappa shape index (κ2) is 14.4. The Hall–Kier alpha value is -1.57. The van der Waals surface area contributed by atoms with Gasteiger partial charge in [0.25, 0.3) is 0 Å². The summed E-state index contributed by atoms with van der Waals surface area (Å²) < 4.78 is 0. The Labute approximate surface area is 179 Å². The molecule has 2 heteroatoms.